The molecule has 4 nitrogen and oxygen atoms in total. The third-order valence-corrected chi connectivity index (χ3v) is 7.30. The number of rotatable bonds is 2. The van der Waals surface area contributed by atoms with Gasteiger partial charge in [0.25, 0.3) is 0 Å². The minimum absolute atomic E-state index is 0.0341. The van der Waals surface area contributed by atoms with Crippen LogP contribution in [0.2, 0.25) is 0 Å². The predicted octanol–water partition coefficient (Wildman–Crippen LogP) is 6.03. The summed E-state index contributed by atoms with van der Waals surface area (Å²) in [5, 5.41) is 0. The number of nitrogens with zero attached hydrogens (tertiary/aromatic N) is 1. The van der Waals surface area contributed by atoms with Crippen LogP contribution in [0.5, 0.6) is 17.2 Å². The molecule has 8 heteroatoms. The predicted molar refractivity (Wildman–Crippen MR) is 111 cm³/mol. The molecule has 3 atom stereocenters. The van der Waals surface area contributed by atoms with Crippen molar-refractivity contribution in [2.75, 3.05) is 7.11 Å². The molecule has 0 aliphatic carbocycles. The zero-order valence-electron chi connectivity index (χ0n) is 16.8. The summed E-state index contributed by atoms with van der Waals surface area (Å²) in [7, 11) is 1.59. The van der Waals surface area contributed by atoms with Crippen LogP contribution in [0.4, 0.5) is 13.2 Å². The second-order valence-electron chi connectivity index (χ2n) is 8.47. The molecular weight excluding hydrogens is 475 g/mol. The van der Waals surface area contributed by atoms with Crippen LogP contribution in [0.25, 0.3) is 0 Å². The Kier molecular flexibility index (Phi) is 4.95. The number of benzene rings is 2. The maximum Gasteiger partial charge on any atom is 0.471 e. The van der Waals surface area contributed by atoms with Crippen molar-refractivity contribution in [1.29, 1.82) is 0 Å². The highest BCUT2D eigenvalue weighted by Crippen LogP contribution is 2.55. The molecule has 164 valence electrons. The first-order chi connectivity index (χ1) is 14.8. The Labute approximate surface area is 186 Å². The van der Waals surface area contributed by atoms with E-state index in [4.69, 9.17) is 9.47 Å². The number of methoxy groups -OCH3 is 1. The van der Waals surface area contributed by atoms with Crippen molar-refractivity contribution >= 4 is 21.8 Å². The average molecular weight is 496 g/mol. The molecule has 0 spiro atoms. The zero-order chi connectivity index (χ0) is 21.9. The van der Waals surface area contributed by atoms with Gasteiger partial charge < -0.3 is 14.4 Å². The summed E-state index contributed by atoms with van der Waals surface area (Å²) in [6, 6.07) is 10.9. The highest BCUT2D eigenvalue weighted by Gasteiger charge is 2.53. The third-order valence-electron chi connectivity index (χ3n) is 6.80. The summed E-state index contributed by atoms with van der Waals surface area (Å²) in [5.41, 5.74) is 2.00. The van der Waals surface area contributed by atoms with E-state index in [1.807, 2.05) is 36.4 Å². The van der Waals surface area contributed by atoms with E-state index < -0.39 is 12.1 Å². The van der Waals surface area contributed by atoms with Gasteiger partial charge in [-0.1, -0.05) is 34.1 Å². The maximum atomic E-state index is 13.1. The summed E-state index contributed by atoms with van der Waals surface area (Å²) in [6.07, 6.45) is -2.52. The lowest BCUT2D eigenvalue weighted by molar-refractivity contribution is -0.190. The molecule has 3 aliphatic rings. The molecule has 3 aliphatic heterocycles. The highest BCUT2D eigenvalue weighted by atomic mass is 79.9. The topological polar surface area (TPSA) is 38.8 Å². The van der Waals surface area contributed by atoms with Crippen LogP contribution in [0.15, 0.2) is 40.9 Å². The highest BCUT2D eigenvalue weighted by molar-refractivity contribution is 9.10. The molecule has 1 amide bonds. The molecule has 2 bridgehead atoms. The zero-order valence-corrected chi connectivity index (χ0v) is 18.4. The molecular formula is C23H21BrF3NO3. The Morgan fingerprint density at radius 3 is 2.48 bits per heavy atom. The number of halogens is 4. The largest absolute Gasteiger partial charge is 0.493 e. The van der Waals surface area contributed by atoms with E-state index in [1.54, 1.807) is 7.11 Å². The van der Waals surface area contributed by atoms with Crippen molar-refractivity contribution < 1.29 is 27.4 Å². The van der Waals surface area contributed by atoms with E-state index in [0.717, 1.165) is 26.2 Å². The molecule has 2 aromatic rings. The van der Waals surface area contributed by atoms with Crippen molar-refractivity contribution in [3.05, 3.63) is 52.0 Å². The molecule has 0 radical (unpaired) electrons. The first-order valence-corrected chi connectivity index (χ1v) is 11.1. The number of para-hydroxylation sites is 1. The number of piperidine rings is 1. The first kappa shape index (κ1) is 20.7. The summed E-state index contributed by atoms with van der Waals surface area (Å²) in [5.74, 6) is 0.370. The van der Waals surface area contributed by atoms with Crippen LogP contribution >= 0.6 is 15.9 Å². The number of carbonyl (C=O) groups is 1. The lowest BCUT2D eigenvalue weighted by atomic mass is 9.72. The number of alkyl halides is 3. The Morgan fingerprint density at radius 1 is 1.13 bits per heavy atom. The van der Waals surface area contributed by atoms with Crippen molar-refractivity contribution in [3.8, 4) is 17.2 Å². The van der Waals surface area contributed by atoms with Gasteiger partial charge in [-0.2, -0.15) is 13.2 Å². The summed E-state index contributed by atoms with van der Waals surface area (Å²) < 4.78 is 52.1. The minimum atomic E-state index is -4.83. The van der Waals surface area contributed by atoms with Gasteiger partial charge in [0, 0.05) is 33.6 Å². The lowest BCUT2D eigenvalue weighted by Crippen LogP contribution is -2.52. The van der Waals surface area contributed by atoms with Gasteiger partial charge in [-0.25, -0.2) is 0 Å². The van der Waals surface area contributed by atoms with E-state index in [0.29, 0.717) is 37.2 Å². The number of fused-ring (bicyclic) bond motifs is 4. The van der Waals surface area contributed by atoms with Gasteiger partial charge in [0.05, 0.1) is 7.11 Å². The van der Waals surface area contributed by atoms with Gasteiger partial charge >= 0.3 is 12.1 Å². The second kappa shape index (κ2) is 7.43. The van der Waals surface area contributed by atoms with Gasteiger partial charge in [0.1, 0.15) is 5.75 Å². The van der Waals surface area contributed by atoms with Crippen LogP contribution in [-0.4, -0.2) is 36.2 Å². The smallest absolute Gasteiger partial charge is 0.471 e. The molecule has 31 heavy (non-hydrogen) atoms. The molecule has 2 aromatic carbocycles. The van der Waals surface area contributed by atoms with E-state index in [1.165, 1.54) is 0 Å². The number of carbonyl (C=O) groups excluding carboxylic acids is 1. The first-order valence-electron chi connectivity index (χ1n) is 10.3. The standard InChI is InChI=1S/C23H21BrF3NO3/c1-30-18-4-2-3-17-20(16-8-5-13(24)11-19(16)31-21(17)18)12-9-14-6-7-15(10-12)28(14)22(29)23(25,26)27/h2-5,8,11-12,14-15,20H,6-7,9-10H2,1H3. The number of hydrogen-bond acceptors (Lipinski definition) is 3. The second-order valence-corrected chi connectivity index (χ2v) is 9.38. The van der Waals surface area contributed by atoms with Crippen LogP contribution in [0, 0.1) is 5.92 Å². The monoisotopic (exact) mass is 495 g/mol. The Hall–Kier alpha value is -2.22. The van der Waals surface area contributed by atoms with E-state index in [9.17, 15) is 18.0 Å². The molecule has 3 heterocycles. The van der Waals surface area contributed by atoms with Crippen molar-refractivity contribution in [1.82, 2.24) is 4.90 Å². The van der Waals surface area contributed by atoms with Gasteiger partial charge in [-0.15, -0.1) is 0 Å². The average Bonchev–Trinajstić information content (AvgIpc) is 2.99. The Morgan fingerprint density at radius 2 is 1.84 bits per heavy atom. The summed E-state index contributed by atoms with van der Waals surface area (Å²) in [6.45, 7) is 0. The van der Waals surface area contributed by atoms with Gasteiger partial charge in [-0.05, 0) is 49.8 Å². The summed E-state index contributed by atoms with van der Waals surface area (Å²) >= 11 is 3.49. The Bertz CT molecular complexity index is 1030. The fraction of sp³-hybridized carbons (Fsp3) is 0.435. The molecule has 2 saturated heterocycles. The quantitative estimate of drug-likeness (QED) is 0.510. The van der Waals surface area contributed by atoms with Crippen LogP contribution in [0.1, 0.15) is 42.7 Å². The fourth-order valence-corrected chi connectivity index (χ4v) is 6.00. The van der Waals surface area contributed by atoms with Crippen LogP contribution in [0.3, 0.4) is 0 Å². The Balaban J connectivity index is 1.54. The number of ether oxygens (including phenoxy) is 2. The summed E-state index contributed by atoms with van der Waals surface area (Å²) in [4.78, 5) is 13.1. The van der Waals surface area contributed by atoms with Crippen LogP contribution < -0.4 is 9.47 Å². The van der Waals surface area contributed by atoms with Gasteiger partial charge in [0.15, 0.2) is 11.5 Å². The molecule has 5 rings (SSSR count). The molecule has 0 aromatic heterocycles. The van der Waals surface area contributed by atoms with Crippen molar-refractivity contribution in [3.63, 3.8) is 0 Å². The molecule has 0 N–H and O–H groups in total. The molecule has 3 unspecified atom stereocenters. The number of hydrogen-bond donors (Lipinski definition) is 0. The van der Waals surface area contributed by atoms with Gasteiger partial charge in [0.2, 0.25) is 0 Å². The minimum Gasteiger partial charge on any atom is -0.493 e. The normalized spacial score (nSPS) is 26.7. The van der Waals surface area contributed by atoms with Crippen LogP contribution in [-0.2, 0) is 4.79 Å². The van der Waals surface area contributed by atoms with E-state index in [-0.39, 0.29) is 23.9 Å². The van der Waals surface area contributed by atoms with Gasteiger partial charge in [-0.3, -0.25) is 4.79 Å². The van der Waals surface area contributed by atoms with E-state index in [2.05, 4.69) is 15.9 Å². The molecule has 2 fully saturated rings. The van der Waals surface area contributed by atoms with E-state index >= 15 is 0 Å². The molecule has 0 saturated carbocycles. The van der Waals surface area contributed by atoms with Crippen molar-refractivity contribution in [2.24, 2.45) is 5.92 Å². The van der Waals surface area contributed by atoms with Crippen molar-refractivity contribution in [2.45, 2.75) is 49.9 Å². The third kappa shape index (κ3) is 3.39. The lowest BCUT2D eigenvalue weighted by Gasteiger charge is -2.43. The SMILES string of the molecule is COc1cccc2c1Oc1cc(Br)ccc1C2C1CC2CCC(C1)N2C(=O)C(F)(F)F. The fourth-order valence-electron chi connectivity index (χ4n) is 5.66. The maximum absolute atomic E-state index is 13.1. The number of amides is 1.